The molecule has 0 unspecified atom stereocenters. The van der Waals surface area contributed by atoms with Gasteiger partial charge in [-0.15, -0.1) is 0 Å². The summed E-state index contributed by atoms with van der Waals surface area (Å²) in [4.78, 5) is 31.3. The molecule has 1 saturated heterocycles. The molecule has 2 amide bonds. The number of carbonyl (C=O) groups is 2. The van der Waals surface area contributed by atoms with Gasteiger partial charge in [0.25, 0.3) is 5.91 Å². The molecule has 0 spiro atoms. The van der Waals surface area contributed by atoms with Crippen LogP contribution >= 0.6 is 0 Å². The van der Waals surface area contributed by atoms with Gasteiger partial charge in [0.15, 0.2) is 0 Å². The zero-order valence-corrected chi connectivity index (χ0v) is 16.3. The van der Waals surface area contributed by atoms with E-state index in [0.29, 0.717) is 24.5 Å². The number of hydrogen-bond donors (Lipinski definition) is 2. The van der Waals surface area contributed by atoms with Gasteiger partial charge in [-0.25, -0.2) is 0 Å². The number of piperidine rings is 1. The van der Waals surface area contributed by atoms with E-state index in [1.54, 1.807) is 23.4 Å². The van der Waals surface area contributed by atoms with Gasteiger partial charge in [0.05, 0.1) is 11.6 Å². The van der Waals surface area contributed by atoms with Crippen LogP contribution in [-0.2, 0) is 4.79 Å². The molecule has 0 saturated carbocycles. The van der Waals surface area contributed by atoms with E-state index < -0.39 is 0 Å². The number of rotatable bonds is 4. The minimum atomic E-state index is -0.226. The molecule has 1 aromatic carbocycles. The SMILES string of the molecule is Cc1cccc(NC(=O)[C@@H]2CCCN(C(=O)c3cc(-c4ccncc4)n[nH]3)C2)c1. The lowest BCUT2D eigenvalue weighted by molar-refractivity contribution is -0.121. The van der Waals surface area contributed by atoms with E-state index in [-0.39, 0.29) is 17.7 Å². The highest BCUT2D eigenvalue weighted by molar-refractivity contribution is 5.95. The van der Waals surface area contributed by atoms with Gasteiger partial charge < -0.3 is 10.2 Å². The Bertz CT molecular complexity index is 1010. The first-order chi connectivity index (χ1) is 14.1. The number of carbonyl (C=O) groups excluding carboxylic acids is 2. The van der Waals surface area contributed by atoms with Crippen molar-refractivity contribution in [2.24, 2.45) is 5.92 Å². The van der Waals surface area contributed by atoms with E-state index in [4.69, 9.17) is 0 Å². The van der Waals surface area contributed by atoms with Crippen molar-refractivity contribution in [3.63, 3.8) is 0 Å². The fourth-order valence-electron chi connectivity index (χ4n) is 3.61. The van der Waals surface area contributed by atoms with Gasteiger partial charge in [-0.1, -0.05) is 12.1 Å². The second-order valence-corrected chi connectivity index (χ2v) is 7.35. The maximum Gasteiger partial charge on any atom is 0.271 e. The topological polar surface area (TPSA) is 91.0 Å². The molecular formula is C22H23N5O2. The average Bonchev–Trinajstić information content (AvgIpc) is 3.24. The largest absolute Gasteiger partial charge is 0.337 e. The van der Waals surface area contributed by atoms with Crippen LogP contribution in [0.1, 0.15) is 28.9 Å². The first kappa shape index (κ1) is 18.9. The number of nitrogens with one attached hydrogen (secondary N) is 2. The fourth-order valence-corrected chi connectivity index (χ4v) is 3.61. The highest BCUT2D eigenvalue weighted by Crippen LogP contribution is 2.22. The lowest BCUT2D eigenvalue weighted by Gasteiger charge is -2.31. The molecule has 1 aliphatic rings. The number of aromatic nitrogens is 3. The molecule has 4 rings (SSSR count). The molecule has 0 bridgehead atoms. The smallest absolute Gasteiger partial charge is 0.271 e. The molecule has 1 aliphatic heterocycles. The number of aromatic amines is 1. The van der Waals surface area contributed by atoms with Crippen LogP contribution < -0.4 is 5.32 Å². The van der Waals surface area contributed by atoms with Gasteiger partial charge >= 0.3 is 0 Å². The minimum Gasteiger partial charge on any atom is -0.337 e. The molecule has 3 heterocycles. The number of anilines is 1. The third-order valence-corrected chi connectivity index (χ3v) is 5.15. The second kappa shape index (κ2) is 8.26. The van der Waals surface area contributed by atoms with E-state index in [9.17, 15) is 9.59 Å². The molecule has 1 atom stereocenters. The average molecular weight is 389 g/mol. The Labute approximate surface area is 169 Å². The molecule has 0 aliphatic carbocycles. The first-order valence-electron chi connectivity index (χ1n) is 9.73. The quantitative estimate of drug-likeness (QED) is 0.716. The molecule has 2 N–H and O–H groups in total. The Morgan fingerprint density at radius 3 is 2.79 bits per heavy atom. The lowest BCUT2D eigenvalue weighted by atomic mass is 9.96. The Kier molecular flexibility index (Phi) is 5.37. The summed E-state index contributed by atoms with van der Waals surface area (Å²) >= 11 is 0. The van der Waals surface area contributed by atoms with Crippen LogP contribution in [0.25, 0.3) is 11.3 Å². The molecule has 148 valence electrons. The summed E-state index contributed by atoms with van der Waals surface area (Å²) in [7, 11) is 0. The summed E-state index contributed by atoms with van der Waals surface area (Å²) < 4.78 is 0. The standard InChI is InChI=1S/C22H23N5O2/c1-15-4-2-6-18(12-15)24-21(28)17-5-3-11-27(14-17)22(29)20-13-19(25-26-20)16-7-9-23-10-8-16/h2,4,6-10,12-13,17H,3,5,11,14H2,1H3,(H,24,28)(H,25,26)/t17-/m1/s1. The van der Waals surface area contributed by atoms with Crippen molar-refractivity contribution in [3.8, 4) is 11.3 Å². The van der Waals surface area contributed by atoms with Crippen LogP contribution in [0.15, 0.2) is 54.9 Å². The predicted molar refractivity (Wildman–Crippen MR) is 110 cm³/mol. The number of aryl methyl sites for hydroxylation is 1. The van der Waals surface area contributed by atoms with E-state index in [0.717, 1.165) is 29.7 Å². The first-order valence-corrected chi connectivity index (χ1v) is 9.73. The van der Waals surface area contributed by atoms with Crippen LogP contribution in [0.3, 0.4) is 0 Å². The number of H-pyrrole nitrogens is 1. The van der Waals surface area contributed by atoms with Crippen LogP contribution in [0.5, 0.6) is 0 Å². The molecule has 1 fully saturated rings. The fraction of sp³-hybridized carbons (Fsp3) is 0.273. The van der Waals surface area contributed by atoms with Crippen molar-refractivity contribution in [3.05, 3.63) is 66.1 Å². The van der Waals surface area contributed by atoms with Crippen molar-refractivity contribution in [2.45, 2.75) is 19.8 Å². The Morgan fingerprint density at radius 1 is 1.17 bits per heavy atom. The summed E-state index contributed by atoms with van der Waals surface area (Å²) in [6.07, 6.45) is 4.94. The zero-order valence-electron chi connectivity index (χ0n) is 16.3. The van der Waals surface area contributed by atoms with Gasteiger partial charge in [-0.05, 0) is 55.7 Å². The number of likely N-dealkylation sites (tertiary alicyclic amines) is 1. The normalized spacial score (nSPS) is 16.4. The van der Waals surface area contributed by atoms with Crippen molar-refractivity contribution in [1.82, 2.24) is 20.1 Å². The van der Waals surface area contributed by atoms with Gasteiger partial charge in [0, 0.05) is 36.7 Å². The van der Waals surface area contributed by atoms with E-state index in [1.165, 1.54) is 0 Å². The predicted octanol–water partition coefficient (Wildman–Crippen LogP) is 3.27. The molecule has 29 heavy (non-hydrogen) atoms. The van der Waals surface area contributed by atoms with Crippen LogP contribution in [-0.4, -0.2) is 45.0 Å². The summed E-state index contributed by atoms with van der Waals surface area (Å²) in [6, 6.07) is 13.2. The molecule has 7 heteroatoms. The Balaban J connectivity index is 1.42. The molecular weight excluding hydrogens is 366 g/mol. The molecule has 0 radical (unpaired) electrons. The maximum atomic E-state index is 12.9. The van der Waals surface area contributed by atoms with Gasteiger partial charge in [-0.3, -0.25) is 19.7 Å². The summed E-state index contributed by atoms with van der Waals surface area (Å²) in [5.41, 5.74) is 3.89. The third-order valence-electron chi connectivity index (χ3n) is 5.15. The summed E-state index contributed by atoms with van der Waals surface area (Å²) in [5, 5.41) is 10.0. The zero-order chi connectivity index (χ0) is 20.2. The molecule has 2 aromatic heterocycles. The Morgan fingerprint density at radius 2 is 2.00 bits per heavy atom. The summed E-state index contributed by atoms with van der Waals surface area (Å²) in [6.45, 7) is 3.03. The van der Waals surface area contributed by atoms with Crippen LogP contribution in [0.4, 0.5) is 5.69 Å². The number of amides is 2. The van der Waals surface area contributed by atoms with Crippen molar-refractivity contribution >= 4 is 17.5 Å². The van der Waals surface area contributed by atoms with Crippen LogP contribution in [0.2, 0.25) is 0 Å². The highest BCUT2D eigenvalue weighted by atomic mass is 16.2. The van der Waals surface area contributed by atoms with Gasteiger partial charge in [0.1, 0.15) is 5.69 Å². The van der Waals surface area contributed by atoms with Crippen molar-refractivity contribution < 1.29 is 9.59 Å². The lowest BCUT2D eigenvalue weighted by Crippen LogP contribution is -2.43. The van der Waals surface area contributed by atoms with Crippen molar-refractivity contribution in [2.75, 3.05) is 18.4 Å². The molecule has 7 nitrogen and oxygen atoms in total. The van der Waals surface area contributed by atoms with E-state index in [2.05, 4.69) is 20.5 Å². The number of nitrogens with zero attached hydrogens (tertiary/aromatic N) is 3. The second-order valence-electron chi connectivity index (χ2n) is 7.35. The van der Waals surface area contributed by atoms with Gasteiger partial charge in [0.2, 0.25) is 5.91 Å². The number of pyridine rings is 1. The third kappa shape index (κ3) is 4.34. The monoisotopic (exact) mass is 389 g/mol. The van der Waals surface area contributed by atoms with Crippen molar-refractivity contribution in [1.29, 1.82) is 0 Å². The number of hydrogen-bond acceptors (Lipinski definition) is 4. The van der Waals surface area contributed by atoms with Gasteiger partial charge in [-0.2, -0.15) is 5.10 Å². The summed E-state index contributed by atoms with van der Waals surface area (Å²) in [5.74, 6) is -0.406. The minimum absolute atomic E-state index is 0.0461. The van der Waals surface area contributed by atoms with E-state index >= 15 is 0 Å². The molecule has 3 aromatic rings. The highest BCUT2D eigenvalue weighted by Gasteiger charge is 2.29. The van der Waals surface area contributed by atoms with E-state index in [1.807, 2.05) is 43.3 Å². The van der Waals surface area contributed by atoms with Crippen LogP contribution in [0, 0.1) is 12.8 Å². The Hall–Kier alpha value is -3.48. The number of benzene rings is 1. The maximum absolute atomic E-state index is 12.9.